The summed E-state index contributed by atoms with van der Waals surface area (Å²) < 4.78 is 33.3. The van der Waals surface area contributed by atoms with Crippen LogP contribution in [0, 0.1) is 0 Å². The molecule has 6 nitrogen and oxygen atoms in total. The standard InChI is InChI=1S/C24H23Cl3N2O4S/c1-16(21-5-3-4-6-23(21)33-2)28-24(30)15-29(14-17-7-8-19(26)13-22(17)27)34(31,32)20-11-9-18(25)10-12-20/h3-13,16H,14-15H2,1-2H3,(H,28,30). The van der Waals surface area contributed by atoms with Crippen LogP contribution < -0.4 is 10.1 Å². The van der Waals surface area contributed by atoms with Crippen LogP contribution in [0.4, 0.5) is 0 Å². The van der Waals surface area contributed by atoms with Gasteiger partial charge in [0.2, 0.25) is 15.9 Å². The van der Waals surface area contributed by atoms with Crippen LogP contribution in [-0.2, 0) is 21.4 Å². The van der Waals surface area contributed by atoms with E-state index in [9.17, 15) is 13.2 Å². The second-order valence-electron chi connectivity index (χ2n) is 7.49. The molecule has 180 valence electrons. The number of hydrogen-bond acceptors (Lipinski definition) is 4. The van der Waals surface area contributed by atoms with Crippen LogP contribution in [0.5, 0.6) is 5.75 Å². The number of ether oxygens (including phenoxy) is 1. The number of carbonyl (C=O) groups excluding carboxylic acids is 1. The number of methoxy groups -OCH3 is 1. The number of sulfonamides is 1. The number of amides is 1. The Morgan fingerprint density at radius 3 is 2.29 bits per heavy atom. The van der Waals surface area contributed by atoms with Gasteiger partial charge in [0.1, 0.15) is 5.75 Å². The lowest BCUT2D eigenvalue weighted by Crippen LogP contribution is -2.41. The van der Waals surface area contributed by atoms with Gasteiger partial charge in [0, 0.05) is 27.2 Å². The van der Waals surface area contributed by atoms with Gasteiger partial charge in [0.25, 0.3) is 0 Å². The molecule has 1 atom stereocenters. The van der Waals surface area contributed by atoms with Crippen LogP contribution in [0.3, 0.4) is 0 Å². The Morgan fingerprint density at radius 2 is 1.65 bits per heavy atom. The second-order valence-corrected chi connectivity index (χ2v) is 10.7. The highest BCUT2D eigenvalue weighted by Crippen LogP contribution is 2.27. The van der Waals surface area contributed by atoms with E-state index in [1.165, 1.54) is 30.3 Å². The number of para-hydroxylation sites is 1. The predicted molar refractivity (Wildman–Crippen MR) is 135 cm³/mol. The number of hydrogen-bond donors (Lipinski definition) is 1. The molecular weight excluding hydrogens is 519 g/mol. The minimum Gasteiger partial charge on any atom is -0.496 e. The first-order chi connectivity index (χ1) is 16.1. The first-order valence-corrected chi connectivity index (χ1v) is 12.8. The first kappa shape index (κ1) is 26.3. The lowest BCUT2D eigenvalue weighted by molar-refractivity contribution is -0.122. The lowest BCUT2D eigenvalue weighted by Gasteiger charge is -2.24. The highest BCUT2D eigenvalue weighted by atomic mass is 35.5. The Kier molecular flexibility index (Phi) is 8.84. The van der Waals surface area contributed by atoms with Gasteiger partial charge in [0.05, 0.1) is 24.6 Å². The van der Waals surface area contributed by atoms with Gasteiger partial charge in [-0.2, -0.15) is 4.31 Å². The van der Waals surface area contributed by atoms with E-state index in [4.69, 9.17) is 39.5 Å². The molecule has 0 radical (unpaired) electrons. The first-order valence-electron chi connectivity index (χ1n) is 10.2. The average molecular weight is 542 g/mol. The number of nitrogens with zero attached hydrogens (tertiary/aromatic N) is 1. The van der Waals surface area contributed by atoms with E-state index < -0.39 is 28.5 Å². The summed E-state index contributed by atoms with van der Waals surface area (Å²) in [5, 5.41) is 3.96. The molecule has 0 bridgehead atoms. The molecule has 0 aliphatic heterocycles. The fourth-order valence-electron chi connectivity index (χ4n) is 3.37. The van der Waals surface area contributed by atoms with Crippen molar-refractivity contribution in [2.75, 3.05) is 13.7 Å². The van der Waals surface area contributed by atoms with E-state index in [0.717, 1.165) is 9.87 Å². The zero-order chi connectivity index (χ0) is 24.9. The van der Waals surface area contributed by atoms with E-state index in [0.29, 0.717) is 26.4 Å². The van der Waals surface area contributed by atoms with Crippen LogP contribution in [0.25, 0.3) is 0 Å². The van der Waals surface area contributed by atoms with Crippen molar-refractivity contribution in [3.63, 3.8) is 0 Å². The summed E-state index contributed by atoms with van der Waals surface area (Å²) in [5.41, 5.74) is 1.28. The van der Waals surface area contributed by atoms with Gasteiger partial charge in [-0.05, 0) is 55.0 Å². The maximum absolute atomic E-state index is 13.4. The Balaban J connectivity index is 1.88. The van der Waals surface area contributed by atoms with Gasteiger partial charge < -0.3 is 10.1 Å². The van der Waals surface area contributed by atoms with E-state index in [-0.39, 0.29) is 11.4 Å². The van der Waals surface area contributed by atoms with Crippen molar-refractivity contribution in [3.8, 4) is 5.75 Å². The Morgan fingerprint density at radius 1 is 1.00 bits per heavy atom. The SMILES string of the molecule is COc1ccccc1C(C)NC(=O)CN(Cc1ccc(Cl)cc1Cl)S(=O)(=O)c1ccc(Cl)cc1. The highest BCUT2D eigenvalue weighted by molar-refractivity contribution is 7.89. The minimum absolute atomic E-state index is 0.00700. The molecule has 3 aromatic rings. The van der Waals surface area contributed by atoms with Crippen LogP contribution in [0.2, 0.25) is 15.1 Å². The van der Waals surface area contributed by atoms with Crippen LogP contribution in [0.1, 0.15) is 24.1 Å². The zero-order valence-corrected chi connectivity index (χ0v) is 21.5. The summed E-state index contributed by atoms with van der Waals surface area (Å²) in [6.45, 7) is 1.24. The second kappa shape index (κ2) is 11.4. The third-order valence-electron chi connectivity index (χ3n) is 5.12. The molecule has 3 aromatic carbocycles. The maximum atomic E-state index is 13.4. The Bertz CT molecular complexity index is 1270. The van der Waals surface area contributed by atoms with Gasteiger partial charge in [-0.3, -0.25) is 4.79 Å². The normalized spacial score (nSPS) is 12.4. The van der Waals surface area contributed by atoms with Crippen molar-refractivity contribution < 1.29 is 17.9 Å². The van der Waals surface area contributed by atoms with Crippen molar-refractivity contribution in [3.05, 3.63) is 92.9 Å². The quantitative estimate of drug-likeness (QED) is 0.376. The third kappa shape index (κ3) is 6.43. The molecule has 1 unspecified atom stereocenters. The lowest BCUT2D eigenvalue weighted by atomic mass is 10.1. The van der Waals surface area contributed by atoms with Crippen molar-refractivity contribution in [1.29, 1.82) is 0 Å². The number of halogens is 3. The topological polar surface area (TPSA) is 75.7 Å². The fraction of sp³-hybridized carbons (Fsp3) is 0.208. The molecule has 0 saturated carbocycles. The van der Waals surface area contributed by atoms with Gasteiger partial charge in [-0.1, -0.05) is 59.1 Å². The van der Waals surface area contributed by atoms with E-state index in [2.05, 4.69) is 5.32 Å². The third-order valence-corrected chi connectivity index (χ3v) is 7.76. The summed E-state index contributed by atoms with van der Waals surface area (Å²) in [6, 6.07) is 17.4. The van der Waals surface area contributed by atoms with Gasteiger partial charge in [-0.25, -0.2) is 8.42 Å². The molecule has 3 rings (SSSR count). The molecule has 0 aliphatic carbocycles. The molecule has 0 fully saturated rings. The van der Waals surface area contributed by atoms with E-state index in [1.807, 2.05) is 18.2 Å². The number of rotatable bonds is 9. The molecule has 0 spiro atoms. The molecule has 1 N–H and O–H groups in total. The summed E-state index contributed by atoms with van der Waals surface area (Å²) in [7, 11) is -2.51. The highest BCUT2D eigenvalue weighted by Gasteiger charge is 2.28. The summed E-state index contributed by atoms with van der Waals surface area (Å²) in [5.74, 6) is 0.134. The summed E-state index contributed by atoms with van der Waals surface area (Å²) >= 11 is 18.2. The van der Waals surface area contributed by atoms with Gasteiger partial charge >= 0.3 is 0 Å². The molecule has 0 aromatic heterocycles. The Labute approximate surface area is 214 Å². The summed E-state index contributed by atoms with van der Waals surface area (Å²) in [4.78, 5) is 13.0. The largest absolute Gasteiger partial charge is 0.496 e. The monoisotopic (exact) mass is 540 g/mol. The Hall–Kier alpha value is -2.29. The van der Waals surface area contributed by atoms with Crippen molar-refractivity contribution in [2.45, 2.75) is 24.4 Å². The van der Waals surface area contributed by atoms with Crippen LogP contribution in [0.15, 0.2) is 71.6 Å². The molecule has 0 saturated heterocycles. The minimum atomic E-state index is -4.05. The average Bonchev–Trinajstić information content (AvgIpc) is 2.80. The van der Waals surface area contributed by atoms with Crippen molar-refractivity contribution in [2.24, 2.45) is 0 Å². The number of nitrogens with one attached hydrogen (secondary N) is 1. The van der Waals surface area contributed by atoms with E-state index >= 15 is 0 Å². The zero-order valence-electron chi connectivity index (χ0n) is 18.5. The molecule has 0 heterocycles. The smallest absolute Gasteiger partial charge is 0.243 e. The van der Waals surface area contributed by atoms with Crippen LogP contribution in [-0.4, -0.2) is 32.3 Å². The molecule has 34 heavy (non-hydrogen) atoms. The molecule has 0 aliphatic rings. The molecule has 10 heteroatoms. The fourth-order valence-corrected chi connectivity index (χ4v) is 5.34. The molecular formula is C24H23Cl3N2O4S. The predicted octanol–water partition coefficient (Wildman–Crippen LogP) is 5.72. The van der Waals surface area contributed by atoms with E-state index in [1.54, 1.807) is 32.2 Å². The molecule has 1 amide bonds. The number of carbonyl (C=O) groups is 1. The van der Waals surface area contributed by atoms with Crippen molar-refractivity contribution >= 4 is 50.7 Å². The number of benzene rings is 3. The maximum Gasteiger partial charge on any atom is 0.243 e. The van der Waals surface area contributed by atoms with Crippen LogP contribution >= 0.6 is 34.8 Å². The van der Waals surface area contributed by atoms with Crippen molar-refractivity contribution in [1.82, 2.24) is 9.62 Å². The van der Waals surface area contributed by atoms with Gasteiger partial charge in [0.15, 0.2) is 0 Å². The van der Waals surface area contributed by atoms with Gasteiger partial charge in [-0.15, -0.1) is 0 Å². The summed E-state index contributed by atoms with van der Waals surface area (Å²) in [6.07, 6.45) is 0.